The van der Waals surface area contributed by atoms with E-state index in [1.165, 1.54) is 143 Å². The van der Waals surface area contributed by atoms with Crippen molar-refractivity contribution in [1.82, 2.24) is 0 Å². The van der Waals surface area contributed by atoms with Crippen molar-refractivity contribution in [2.45, 2.75) is 206 Å². The van der Waals surface area contributed by atoms with Crippen LogP contribution in [0.25, 0.3) is 10.1 Å². The van der Waals surface area contributed by atoms with Crippen molar-refractivity contribution in [3.05, 3.63) is 123 Å². The second-order valence-corrected chi connectivity index (χ2v) is 29.4. The van der Waals surface area contributed by atoms with Crippen LogP contribution in [0.15, 0.2) is 78.9 Å². The molecule has 3 heterocycles. The third-order valence-corrected chi connectivity index (χ3v) is 19.8. The van der Waals surface area contributed by atoms with Gasteiger partial charge in [-0.15, -0.1) is 11.3 Å². The Morgan fingerprint density at radius 2 is 0.853 bits per heavy atom. The lowest BCUT2D eigenvalue weighted by Crippen LogP contribution is -2.61. The average Bonchev–Trinajstić information content (AvgIpc) is 3.63. The second kappa shape index (κ2) is 14.2. The highest BCUT2D eigenvalue weighted by Crippen LogP contribution is 2.55. The van der Waals surface area contributed by atoms with Crippen molar-refractivity contribution < 1.29 is 0 Å². The molecule has 0 fully saturated rings. The minimum absolute atomic E-state index is 0.0427. The van der Waals surface area contributed by atoms with Crippen LogP contribution in [0.3, 0.4) is 0 Å². The van der Waals surface area contributed by atoms with E-state index in [0.29, 0.717) is 0 Å². The first kappa shape index (κ1) is 46.1. The van der Waals surface area contributed by atoms with Gasteiger partial charge in [-0.05, 0) is 186 Å². The normalized spacial score (nSPS) is 21.1. The van der Waals surface area contributed by atoms with Gasteiger partial charge >= 0.3 is 0 Å². The summed E-state index contributed by atoms with van der Waals surface area (Å²) in [6.45, 7) is 44.2. The van der Waals surface area contributed by atoms with Gasteiger partial charge in [0.2, 0.25) is 0 Å². The Balaban J connectivity index is 1.29. The fraction of sp³-hybridized carbons (Fsp3) is 0.500. The summed E-state index contributed by atoms with van der Waals surface area (Å²) in [6.07, 6.45) is 7.17. The van der Waals surface area contributed by atoms with Crippen LogP contribution in [0.4, 0.5) is 34.1 Å². The Morgan fingerprint density at radius 1 is 0.426 bits per heavy atom. The molecule has 4 heteroatoms. The number of thiophene rings is 1. The number of nitrogens with zero attached hydrogens (tertiary/aromatic N) is 2. The van der Waals surface area contributed by atoms with E-state index in [9.17, 15) is 0 Å². The molecule has 354 valence electrons. The van der Waals surface area contributed by atoms with E-state index < -0.39 is 0 Å². The fourth-order valence-corrected chi connectivity index (χ4v) is 14.8. The first-order valence-electron chi connectivity index (χ1n) is 26.3. The number of hydrogen-bond acceptors (Lipinski definition) is 3. The topological polar surface area (TPSA) is 6.48 Å². The molecule has 6 aromatic rings. The van der Waals surface area contributed by atoms with Crippen LogP contribution < -0.4 is 25.5 Å². The third-order valence-electron chi connectivity index (χ3n) is 18.6. The summed E-state index contributed by atoms with van der Waals surface area (Å²) >= 11 is 2.06. The molecule has 2 aliphatic heterocycles. The summed E-state index contributed by atoms with van der Waals surface area (Å²) in [7, 11) is 0. The van der Waals surface area contributed by atoms with Crippen LogP contribution in [-0.2, 0) is 43.3 Å². The maximum atomic E-state index is 2.75. The van der Waals surface area contributed by atoms with Gasteiger partial charge in [-0.2, -0.15) is 0 Å². The Labute approximate surface area is 415 Å². The first-order chi connectivity index (χ1) is 31.4. The largest absolute Gasteiger partial charge is 0.311 e. The molecule has 0 bridgehead atoms. The minimum Gasteiger partial charge on any atom is -0.311 e. The highest BCUT2D eigenvalue weighted by Gasteiger charge is 2.49. The van der Waals surface area contributed by atoms with Crippen molar-refractivity contribution in [2.24, 2.45) is 0 Å². The fourth-order valence-electron chi connectivity index (χ4n) is 13.4. The molecule has 2 nitrogen and oxygen atoms in total. The molecule has 0 unspecified atom stereocenters. The highest BCUT2D eigenvalue weighted by molar-refractivity contribution is 7.33. The Kier molecular flexibility index (Phi) is 9.63. The number of rotatable bonds is 2. The molecular formula is C64H79BN2S. The third kappa shape index (κ3) is 6.74. The molecule has 0 radical (unpaired) electrons. The predicted molar refractivity (Wildman–Crippen MR) is 299 cm³/mol. The zero-order valence-electron chi connectivity index (χ0n) is 45.1. The molecular weight excluding hydrogens is 840 g/mol. The second-order valence-electron chi connectivity index (χ2n) is 28.3. The van der Waals surface area contributed by atoms with Crippen LogP contribution in [0.1, 0.15) is 208 Å². The van der Waals surface area contributed by atoms with Crippen molar-refractivity contribution >= 4 is 78.0 Å². The summed E-state index contributed by atoms with van der Waals surface area (Å²) in [5.41, 5.74) is 23.3. The molecule has 1 aromatic heterocycles. The molecule has 0 atom stereocenters. The average molecular weight is 919 g/mol. The summed E-state index contributed by atoms with van der Waals surface area (Å²) in [6, 6.07) is 33.3. The molecule has 11 rings (SSSR count). The van der Waals surface area contributed by atoms with Gasteiger partial charge in [0.05, 0.1) is 5.69 Å². The van der Waals surface area contributed by atoms with Gasteiger partial charge in [0.1, 0.15) is 0 Å². The summed E-state index contributed by atoms with van der Waals surface area (Å²) in [5, 5.41) is 1.37. The van der Waals surface area contributed by atoms with Crippen molar-refractivity contribution in [2.75, 3.05) is 9.80 Å². The zero-order chi connectivity index (χ0) is 48.8. The SMILES string of the molecule is CC(C)(C)c1cc2c3c(c1)N(c1ccc4c(c1)C(C)(C)CCC4(C)C)c1c(sc4cc(C(C)(C)C)ccc14)B3c1cc3c(cc1N2c1ccc2c(c1)C(C)(C)CCC2(C)C)C(C)(C)CCC3(C)C. The van der Waals surface area contributed by atoms with E-state index in [1.54, 1.807) is 0 Å². The molecule has 0 saturated heterocycles. The van der Waals surface area contributed by atoms with Gasteiger partial charge in [-0.25, -0.2) is 0 Å². The van der Waals surface area contributed by atoms with E-state index in [-0.39, 0.29) is 50.0 Å². The lowest BCUT2D eigenvalue weighted by atomic mass is 9.35. The van der Waals surface area contributed by atoms with E-state index in [0.717, 1.165) is 0 Å². The van der Waals surface area contributed by atoms with Crippen molar-refractivity contribution in [3.63, 3.8) is 0 Å². The standard InChI is InChI=1S/C64H79BN2S/c1-57(2,3)38-19-22-42-53(33-38)68-56-55(42)67(41-21-24-44-46(35-41)62(13,14)28-26-60(44,9)10)52-32-39(58(4,5)6)31-51-54(52)65(56)49-36-47-48(64(17,18)30-29-63(47,15)16)37-50(49)66(51)40-20-23-43-45(34-40)61(11,12)27-25-59(43,7)8/h19-24,31-37H,25-30H2,1-18H3. The maximum absolute atomic E-state index is 2.75. The highest BCUT2D eigenvalue weighted by atomic mass is 32.1. The Morgan fingerprint density at radius 3 is 1.34 bits per heavy atom. The smallest absolute Gasteiger partial charge is 0.264 e. The minimum atomic E-state index is -0.0944. The van der Waals surface area contributed by atoms with Crippen LogP contribution in [-0.4, -0.2) is 6.71 Å². The van der Waals surface area contributed by atoms with Crippen LogP contribution in [0.5, 0.6) is 0 Å². The van der Waals surface area contributed by atoms with Crippen LogP contribution in [0.2, 0.25) is 0 Å². The van der Waals surface area contributed by atoms with Gasteiger partial charge in [-0.1, -0.05) is 155 Å². The first-order valence-corrected chi connectivity index (χ1v) is 27.1. The van der Waals surface area contributed by atoms with Gasteiger partial charge < -0.3 is 9.80 Å². The summed E-state index contributed by atoms with van der Waals surface area (Å²) in [4.78, 5) is 5.50. The Bertz CT molecular complexity index is 3120. The number of benzene rings is 5. The van der Waals surface area contributed by atoms with Gasteiger partial charge in [0.15, 0.2) is 0 Å². The number of fused-ring (bicyclic) bond motifs is 9. The van der Waals surface area contributed by atoms with Gasteiger partial charge in [-0.3, -0.25) is 0 Å². The molecule has 0 saturated carbocycles. The Hall–Kier alpha value is -4.28. The predicted octanol–water partition coefficient (Wildman–Crippen LogP) is 16.6. The van der Waals surface area contributed by atoms with Gasteiger partial charge in [0.25, 0.3) is 6.71 Å². The summed E-state index contributed by atoms with van der Waals surface area (Å²) in [5.74, 6) is 0. The van der Waals surface area contributed by atoms with E-state index in [4.69, 9.17) is 0 Å². The van der Waals surface area contributed by atoms with Gasteiger partial charge in [0, 0.05) is 43.3 Å². The maximum Gasteiger partial charge on any atom is 0.264 e. The molecule has 3 aliphatic carbocycles. The molecule has 5 aromatic carbocycles. The lowest BCUT2D eigenvalue weighted by Gasteiger charge is -2.48. The summed E-state index contributed by atoms with van der Waals surface area (Å²) < 4.78 is 2.86. The van der Waals surface area contributed by atoms with Crippen LogP contribution >= 0.6 is 11.3 Å². The zero-order valence-corrected chi connectivity index (χ0v) is 45.9. The molecule has 0 spiro atoms. The molecule has 68 heavy (non-hydrogen) atoms. The van der Waals surface area contributed by atoms with E-state index in [2.05, 4.69) is 225 Å². The van der Waals surface area contributed by atoms with Crippen LogP contribution in [0, 0.1) is 0 Å². The number of hydrogen-bond donors (Lipinski definition) is 0. The van der Waals surface area contributed by atoms with E-state index >= 15 is 0 Å². The van der Waals surface area contributed by atoms with Crippen molar-refractivity contribution in [3.8, 4) is 0 Å². The molecule has 5 aliphatic rings. The number of anilines is 6. The lowest BCUT2D eigenvalue weighted by molar-refractivity contribution is 0.332. The quantitative estimate of drug-likeness (QED) is 0.159. The monoisotopic (exact) mass is 919 g/mol. The van der Waals surface area contributed by atoms with Crippen molar-refractivity contribution in [1.29, 1.82) is 0 Å². The molecule has 0 N–H and O–H groups in total. The van der Waals surface area contributed by atoms with E-state index in [1.807, 2.05) is 0 Å². The molecule has 0 amide bonds.